The summed E-state index contributed by atoms with van der Waals surface area (Å²) in [5.74, 6) is 0.0543. The second-order valence-corrected chi connectivity index (χ2v) is 6.82. The summed E-state index contributed by atoms with van der Waals surface area (Å²) in [6.45, 7) is 8.63. The van der Waals surface area contributed by atoms with Gasteiger partial charge in [0.15, 0.2) is 0 Å². The highest BCUT2D eigenvalue weighted by Crippen LogP contribution is 2.23. The SMILES string of the molecule is C[C@H](NC(=O)Cc1ccccc1)c1ccc(C(C)(C)C)cc1. The highest BCUT2D eigenvalue weighted by atomic mass is 16.1. The first-order valence-electron chi connectivity index (χ1n) is 7.80. The van der Waals surface area contributed by atoms with E-state index in [1.165, 1.54) is 5.56 Å². The molecule has 2 aromatic carbocycles. The Hall–Kier alpha value is -2.09. The van der Waals surface area contributed by atoms with Crippen molar-refractivity contribution in [1.29, 1.82) is 0 Å². The monoisotopic (exact) mass is 295 g/mol. The first-order chi connectivity index (χ1) is 10.4. The Morgan fingerprint density at radius 2 is 1.59 bits per heavy atom. The molecule has 0 spiro atoms. The number of carbonyl (C=O) groups is 1. The van der Waals surface area contributed by atoms with E-state index in [-0.39, 0.29) is 17.4 Å². The molecule has 0 radical (unpaired) electrons. The van der Waals surface area contributed by atoms with Gasteiger partial charge in [0.25, 0.3) is 0 Å². The van der Waals surface area contributed by atoms with E-state index in [0.717, 1.165) is 11.1 Å². The zero-order chi connectivity index (χ0) is 16.2. The van der Waals surface area contributed by atoms with Crippen molar-refractivity contribution in [3.63, 3.8) is 0 Å². The predicted molar refractivity (Wildman–Crippen MR) is 91.8 cm³/mol. The zero-order valence-electron chi connectivity index (χ0n) is 13.9. The lowest BCUT2D eigenvalue weighted by Crippen LogP contribution is -2.28. The second kappa shape index (κ2) is 6.78. The maximum atomic E-state index is 12.1. The number of carbonyl (C=O) groups excluding carboxylic acids is 1. The summed E-state index contributed by atoms with van der Waals surface area (Å²) in [6.07, 6.45) is 0.422. The van der Waals surface area contributed by atoms with Crippen molar-refractivity contribution in [2.24, 2.45) is 0 Å². The molecule has 0 bridgehead atoms. The van der Waals surface area contributed by atoms with Gasteiger partial charge in [-0.05, 0) is 29.0 Å². The van der Waals surface area contributed by atoms with Gasteiger partial charge < -0.3 is 5.32 Å². The van der Waals surface area contributed by atoms with Gasteiger partial charge >= 0.3 is 0 Å². The molecular weight excluding hydrogens is 270 g/mol. The maximum Gasteiger partial charge on any atom is 0.224 e. The fraction of sp³-hybridized carbons (Fsp3) is 0.350. The molecule has 0 saturated heterocycles. The Morgan fingerprint density at radius 3 is 2.14 bits per heavy atom. The van der Waals surface area contributed by atoms with E-state index >= 15 is 0 Å². The van der Waals surface area contributed by atoms with Gasteiger partial charge in [-0.3, -0.25) is 4.79 Å². The molecule has 2 rings (SSSR count). The van der Waals surface area contributed by atoms with Crippen LogP contribution in [0.3, 0.4) is 0 Å². The van der Waals surface area contributed by atoms with Crippen LogP contribution in [0.1, 0.15) is 50.4 Å². The van der Waals surface area contributed by atoms with E-state index in [4.69, 9.17) is 0 Å². The summed E-state index contributed by atoms with van der Waals surface area (Å²) < 4.78 is 0. The van der Waals surface area contributed by atoms with Crippen LogP contribution in [0.2, 0.25) is 0 Å². The summed E-state index contributed by atoms with van der Waals surface area (Å²) in [5, 5.41) is 3.06. The number of hydrogen-bond donors (Lipinski definition) is 1. The number of benzene rings is 2. The van der Waals surface area contributed by atoms with Crippen molar-refractivity contribution < 1.29 is 4.79 Å². The minimum absolute atomic E-state index is 0.0187. The zero-order valence-corrected chi connectivity index (χ0v) is 13.9. The number of amides is 1. The number of hydrogen-bond acceptors (Lipinski definition) is 1. The van der Waals surface area contributed by atoms with Gasteiger partial charge in [-0.25, -0.2) is 0 Å². The predicted octanol–water partition coefficient (Wildman–Crippen LogP) is 4.40. The van der Waals surface area contributed by atoms with Gasteiger partial charge in [-0.15, -0.1) is 0 Å². The third-order valence-corrected chi connectivity index (χ3v) is 3.86. The molecule has 1 amide bonds. The molecule has 0 aliphatic heterocycles. The average molecular weight is 295 g/mol. The third-order valence-electron chi connectivity index (χ3n) is 3.86. The molecule has 0 heterocycles. The fourth-order valence-corrected chi connectivity index (χ4v) is 2.43. The van der Waals surface area contributed by atoms with Crippen molar-refractivity contribution in [3.8, 4) is 0 Å². The molecule has 0 saturated carbocycles. The molecule has 116 valence electrons. The maximum absolute atomic E-state index is 12.1. The molecule has 0 fully saturated rings. The van der Waals surface area contributed by atoms with E-state index in [1.807, 2.05) is 37.3 Å². The van der Waals surface area contributed by atoms with E-state index in [2.05, 4.69) is 50.4 Å². The van der Waals surface area contributed by atoms with Gasteiger partial charge in [0.2, 0.25) is 5.91 Å². The van der Waals surface area contributed by atoms with Crippen LogP contribution in [-0.2, 0) is 16.6 Å². The Bertz CT molecular complexity index is 608. The Balaban J connectivity index is 1.97. The lowest BCUT2D eigenvalue weighted by molar-refractivity contribution is -0.121. The minimum Gasteiger partial charge on any atom is -0.349 e. The van der Waals surface area contributed by atoms with E-state index < -0.39 is 0 Å². The molecule has 22 heavy (non-hydrogen) atoms. The highest BCUT2D eigenvalue weighted by molar-refractivity contribution is 5.79. The average Bonchev–Trinajstić information content (AvgIpc) is 2.47. The first-order valence-corrected chi connectivity index (χ1v) is 7.80. The van der Waals surface area contributed by atoms with Crippen LogP contribution < -0.4 is 5.32 Å². The van der Waals surface area contributed by atoms with E-state index in [1.54, 1.807) is 0 Å². The second-order valence-electron chi connectivity index (χ2n) is 6.82. The minimum atomic E-state index is 0.0187. The van der Waals surface area contributed by atoms with Crippen LogP contribution in [0.4, 0.5) is 0 Å². The van der Waals surface area contributed by atoms with Crippen LogP contribution in [0.15, 0.2) is 54.6 Å². The molecule has 1 N–H and O–H groups in total. The normalized spacial score (nSPS) is 12.7. The lowest BCUT2D eigenvalue weighted by Gasteiger charge is -2.20. The Kier molecular flexibility index (Phi) is 5.02. The number of nitrogens with one attached hydrogen (secondary N) is 1. The smallest absolute Gasteiger partial charge is 0.224 e. The summed E-state index contributed by atoms with van der Waals surface area (Å²) in [4.78, 5) is 12.1. The summed E-state index contributed by atoms with van der Waals surface area (Å²) in [6, 6.07) is 18.3. The van der Waals surface area contributed by atoms with Crippen LogP contribution >= 0.6 is 0 Å². The van der Waals surface area contributed by atoms with E-state index in [0.29, 0.717) is 6.42 Å². The molecule has 0 aromatic heterocycles. The van der Waals surface area contributed by atoms with Crippen molar-refractivity contribution in [2.45, 2.75) is 45.6 Å². The van der Waals surface area contributed by atoms with Gasteiger partial charge in [0, 0.05) is 0 Å². The summed E-state index contributed by atoms with van der Waals surface area (Å²) >= 11 is 0. The van der Waals surface area contributed by atoms with Gasteiger partial charge in [0.05, 0.1) is 12.5 Å². The molecule has 0 aliphatic rings. The van der Waals surface area contributed by atoms with Crippen molar-refractivity contribution in [3.05, 3.63) is 71.3 Å². The third kappa shape index (κ3) is 4.45. The molecule has 0 unspecified atom stereocenters. The van der Waals surface area contributed by atoms with E-state index in [9.17, 15) is 4.79 Å². The van der Waals surface area contributed by atoms with Crippen molar-refractivity contribution in [1.82, 2.24) is 5.32 Å². The standard InChI is InChI=1S/C20H25NO/c1-15(17-10-12-18(13-11-17)20(2,3)4)21-19(22)14-16-8-6-5-7-9-16/h5-13,15H,14H2,1-4H3,(H,21,22)/t15-/m0/s1. The van der Waals surface area contributed by atoms with Crippen LogP contribution in [0.25, 0.3) is 0 Å². The van der Waals surface area contributed by atoms with Crippen molar-refractivity contribution in [2.75, 3.05) is 0 Å². The largest absolute Gasteiger partial charge is 0.349 e. The summed E-state index contributed by atoms with van der Waals surface area (Å²) in [5.41, 5.74) is 3.63. The Labute approximate surface area is 133 Å². The molecule has 1 atom stereocenters. The highest BCUT2D eigenvalue weighted by Gasteiger charge is 2.15. The van der Waals surface area contributed by atoms with Crippen molar-refractivity contribution >= 4 is 5.91 Å². The fourth-order valence-electron chi connectivity index (χ4n) is 2.43. The molecule has 0 aliphatic carbocycles. The number of rotatable bonds is 4. The summed E-state index contributed by atoms with van der Waals surface area (Å²) in [7, 11) is 0. The first kappa shape index (κ1) is 16.3. The van der Waals surface area contributed by atoms with Gasteiger partial charge in [0.1, 0.15) is 0 Å². The topological polar surface area (TPSA) is 29.1 Å². The van der Waals surface area contributed by atoms with Crippen LogP contribution in [0, 0.1) is 0 Å². The van der Waals surface area contributed by atoms with Gasteiger partial charge in [-0.1, -0.05) is 75.4 Å². The molecule has 2 aromatic rings. The molecule has 2 heteroatoms. The quantitative estimate of drug-likeness (QED) is 0.889. The Morgan fingerprint density at radius 1 is 1.00 bits per heavy atom. The lowest BCUT2D eigenvalue weighted by atomic mass is 9.86. The van der Waals surface area contributed by atoms with Gasteiger partial charge in [-0.2, -0.15) is 0 Å². The molecular formula is C20H25NO. The van der Waals surface area contributed by atoms with Crippen LogP contribution in [-0.4, -0.2) is 5.91 Å². The molecule has 2 nitrogen and oxygen atoms in total. The van der Waals surface area contributed by atoms with Crippen LogP contribution in [0.5, 0.6) is 0 Å².